The van der Waals surface area contributed by atoms with Crippen molar-refractivity contribution in [1.29, 1.82) is 0 Å². The van der Waals surface area contributed by atoms with Crippen molar-refractivity contribution >= 4 is 28.5 Å². The van der Waals surface area contributed by atoms with Gasteiger partial charge in [-0.05, 0) is 84.8 Å². The van der Waals surface area contributed by atoms with Crippen LogP contribution in [0.15, 0.2) is 42.5 Å². The zero-order chi connectivity index (χ0) is 20.3. The van der Waals surface area contributed by atoms with Crippen LogP contribution in [-0.2, 0) is 11.3 Å². The van der Waals surface area contributed by atoms with Gasteiger partial charge in [-0.3, -0.25) is 9.69 Å². The number of ether oxygens (including phenoxy) is 1. The van der Waals surface area contributed by atoms with Crippen molar-refractivity contribution in [3.63, 3.8) is 0 Å². The van der Waals surface area contributed by atoms with Crippen molar-refractivity contribution in [2.24, 2.45) is 0 Å². The Bertz CT molecular complexity index is 828. The predicted molar refractivity (Wildman–Crippen MR) is 117 cm³/mol. The summed E-state index contributed by atoms with van der Waals surface area (Å²) in [5, 5.41) is 0. The molecule has 3 rings (SSSR count). The van der Waals surface area contributed by atoms with E-state index in [9.17, 15) is 9.18 Å². The summed E-state index contributed by atoms with van der Waals surface area (Å²) < 4.78 is 20.0. The van der Waals surface area contributed by atoms with E-state index >= 15 is 0 Å². The maximum Gasteiger partial charge on any atom is 0.260 e. The molecule has 0 bridgehead atoms. The van der Waals surface area contributed by atoms with Crippen LogP contribution in [0, 0.1) is 16.3 Å². The highest BCUT2D eigenvalue weighted by Crippen LogP contribution is 2.22. The van der Waals surface area contributed by atoms with Crippen LogP contribution in [0.1, 0.15) is 25.0 Å². The van der Waals surface area contributed by atoms with Crippen LogP contribution in [0.5, 0.6) is 5.75 Å². The minimum Gasteiger partial charge on any atom is -0.483 e. The van der Waals surface area contributed by atoms with Crippen molar-refractivity contribution in [1.82, 2.24) is 9.80 Å². The van der Waals surface area contributed by atoms with E-state index in [1.165, 1.54) is 12.1 Å². The van der Waals surface area contributed by atoms with Crippen LogP contribution >= 0.6 is 22.6 Å². The third kappa shape index (κ3) is 5.23. The molecule has 1 saturated heterocycles. The number of piperazine rings is 1. The Labute approximate surface area is 179 Å². The number of rotatable bonds is 5. The number of hydrogen-bond acceptors (Lipinski definition) is 3. The molecule has 2 aromatic carbocycles. The number of halogens is 2. The summed E-state index contributed by atoms with van der Waals surface area (Å²) in [7, 11) is 0. The van der Waals surface area contributed by atoms with E-state index in [4.69, 9.17) is 4.74 Å². The Hall–Kier alpha value is -1.67. The van der Waals surface area contributed by atoms with Crippen LogP contribution in [0.25, 0.3) is 0 Å². The summed E-state index contributed by atoms with van der Waals surface area (Å²) in [5.74, 6) is 0.548. The molecule has 2 atom stereocenters. The van der Waals surface area contributed by atoms with Gasteiger partial charge in [0.15, 0.2) is 6.61 Å². The van der Waals surface area contributed by atoms with Gasteiger partial charge in [0.25, 0.3) is 5.91 Å². The number of hydrogen-bond donors (Lipinski definition) is 0. The first-order valence-electron chi connectivity index (χ1n) is 9.50. The molecule has 28 heavy (non-hydrogen) atoms. The van der Waals surface area contributed by atoms with Crippen molar-refractivity contribution in [3.8, 4) is 5.75 Å². The lowest BCUT2D eigenvalue weighted by atomic mass is 10.1. The van der Waals surface area contributed by atoms with E-state index in [0.29, 0.717) is 6.54 Å². The third-order valence-electron chi connectivity index (χ3n) is 5.22. The third-order valence-corrected chi connectivity index (χ3v) is 5.89. The topological polar surface area (TPSA) is 32.8 Å². The van der Waals surface area contributed by atoms with Crippen LogP contribution in [0.2, 0.25) is 0 Å². The molecule has 6 heteroatoms. The van der Waals surface area contributed by atoms with Crippen LogP contribution < -0.4 is 4.74 Å². The number of aryl methyl sites for hydroxylation is 1. The van der Waals surface area contributed by atoms with Gasteiger partial charge in [-0.2, -0.15) is 0 Å². The molecule has 1 aliphatic heterocycles. The van der Waals surface area contributed by atoms with Gasteiger partial charge in [0.05, 0.1) is 0 Å². The van der Waals surface area contributed by atoms with Gasteiger partial charge in [-0.25, -0.2) is 4.39 Å². The highest BCUT2D eigenvalue weighted by Gasteiger charge is 2.32. The molecular formula is C22H26FIN2O2. The highest BCUT2D eigenvalue weighted by molar-refractivity contribution is 14.1. The number of carbonyl (C=O) groups excluding carboxylic acids is 1. The van der Waals surface area contributed by atoms with Gasteiger partial charge in [-0.1, -0.05) is 12.1 Å². The average molecular weight is 496 g/mol. The van der Waals surface area contributed by atoms with Crippen molar-refractivity contribution in [2.75, 3.05) is 19.7 Å². The quantitative estimate of drug-likeness (QED) is 0.581. The monoisotopic (exact) mass is 496 g/mol. The predicted octanol–water partition coefficient (Wildman–Crippen LogP) is 4.24. The molecule has 1 fully saturated rings. The van der Waals surface area contributed by atoms with Gasteiger partial charge < -0.3 is 9.64 Å². The van der Waals surface area contributed by atoms with Gasteiger partial charge >= 0.3 is 0 Å². The Morgan fingerprint density at radius 2 is 1.86 bits per heavy atom. The number of benzene rings is 2. The minimum absolute atomic E-state index is 0.0127. The zero-order valence-corrected chi connectivity index (χ0v) is 18.6. The van der Waals surface area contributed by atoms with Crippen LogP contribution in [-0.4, -0.2) is 47.5 Å². The molecule has 1 aliphatic rings. The molecule has 0 spiro atoms. The van der Waals surface area contributed by atoms with Gasteiger partial charge in [-0.15, -0.1) is 0 Å². The lowest BCUT2D eigenvalue weighted by Crippen LogP contribution is -2.58. The van der Waals surface area contributed by atoms with Crippen molar-refractivity contribution < 1.29 is 13.9 Å². The summed E-state index contributed by atoms with van der Waals surface area (Å²) in [6.45, 7) is 8.43. The molecule has 2 unspecified atom stereocenters. The fourth-order valence-electron chi connectivity index (χ4n) is 3.59. The zero-order valence-electron chi connectivity index (χ0n) is 16.5. The fraction of sp³-hybridized carbons (Fsp3) is 0.409. The first-order chi connectivity index (χ1) is 13.3. The molecule has 1 amide bonds. The Morgan fingerprint density at radius 3 is 2.54 bits per heavy atom. The van der Waals surface area contributed by atoms with Gasteiger partial charge in [0.2, 0.25) is 0 Å². The summed E-state index contributed by atoms with van der Waals surface area (Å²) >= 11 is 2.26. The molecular weight excluding hydrogens is 470 g/mol. The van der Waals surface area contributed by atoms with E-state index in [1.54, 1.807) is 0 Å². The first-order valence-corrected chi connectivity index (χ1v) is 10.6. The Balaban J connectivity index is 1.57. The minimum atomic E-state index is -0.219. The van der Waals surface area contributed by atoms with Crippen LogP contribution in [0.4, 0.5) is 4.39 Å². The number of amides is 1. The lowest BCUT2D eigenvalue weighted by Gasteiger charge is -2.44. The fourth-order valence-corrected chi connectivity index (χ4v) is 4.23. The largest absolute Gasteiger partial charge is 0.483 e. The molecule has 150 valence electrons. The molecule has 4 nitrogen and oxygen atoms in total. The Kier molecular flexibility index (Phi) is 6.93. The van der Waals surface area contributed by atoms with Gasteiger partial charge in [0, 0.05) is 35.3 Å². The summed E-state index contributed by atoms with van der Waals surface area (Å²) in [5.41, 5.74) is 2.11. The lowest BCUT2D eigenvalue weighted by molar-refractivity contribution is -0.139. The molecule has 2 aromatic rings. The smallest absolute Gasteiger partial charge is 0.260 e. The van der Waals surface area contributed by atoms with Crippen molar-refractivity contribution in [2.45, 2.75) is 39.4 Å². The normalized spacial score (nSPS) is 20.2. The molecule has 0 saturated carbocycles. The second-order valence-corrected chi connectivity index (χ2v) is 8.74. The standard InChI is InChI=1S/C22H26FIN2O2/c1-15-10-20(24)8-9-21(15)28-14-22(27)26-12-16(2)25(11-17(26)3)13-18-4-6-19(23)7-5-18/h4-10,16-17H,11-14H2,1-3H3. The second kappa shape index (κ2) is 9.22. The Morgan fingerprint density at radius 1 is 1.14 bits per heavy atom. The first kappa shape index (κ1) is 21.0. The van der Waals surface area contributed by atoms with E-state index in [-0.39, 0.29) is 30.4 Å². The number of nitrogens with zero attached hydrogens (tertiary/aromatic N) is 2. The second-order valence-electron chi connectivity index (χ2n) is 7.50. The average Bonchev–Trinajstić information content (AvgIpc) is 2.65. The molecule has 0 N–H and O–H groups in total. The number of carbonyl (C=O) groups is 1. The van der Waals surface area contributed by atoms with E-state index in [1.807, 2.05) is 42.2 Å². The SMILES string of the molecule is Cc1cc(I)ccc1OCC(=O)N1CC(C)N(Cc2ccc(F)cc2)CC1C. The van der Waals surface area contributed by atoms with E-state index < -0.39 is 0 Å². The summed E-state index contributed by atoms with van der Waals surface area (Å²) in [4.78, 5) is 17.0. The maximum absolute atomic E-state index is 13.1. The molecule has 0 aliphatic carbocycles. The summed E-state index contributed by atoms with van der Waals surface area (Å²) in [6.07, 6.45) is 0. The molecule has 0 aromatic heterocycles. The van der Waals surface area contributed by atoms with Crippen LogP contribution in [0.3, 0.4) is 0 Å². The highest BCUT2D eigenvalue weighted by atomic mass is 127. The molecule has 0 radical (unpaired) electrons. The summed E-state index contributed by atoms with van der Waals surface area (Å²) in [6, 6.07) is 12.9. The van der Waals surface area contributed by atoms with E-state index in [2.05, 4.69) is 41.3 Å². The maximum atomic E-state index is 13.1. The molecule has 1 heterocycles. The van der Waals surface area contributed by atoms with Crippen molar-refractivity contribution in [3.05, 3.63) is 63.0 Å². The van der Waals surface area contributed by atoms with Gasteiger partial charge in [0.1, 0.15) is 11.6 Å². The van der Waals surface area contributed by atoms with E-state index in [0.717, 1.165) is 33.5 Å².